The Balaban J connectivity index is 2.83. The van der Waals surface area contributed by atoms with Crippen molar-refractivity contribution < 1.29 is 5.11 Å². The van der Waals surface area contributed by atoms with E-state index in [2.05, 4.69) is 9.80 Å². The zero-order valence-electron chi connectivity index (χ0n) is 14.0. The number of para-hydroxylation sites is 1. The highest BCUT2D eigenvalue weighted by Gasteiger charge is 2.13. The zero-order valence-corrected chi connectivity index (χ0v) is 14.0. The number of benzene rings is 1. The lowest BCUT2D eigenvalue weighted by molar-refractivity contribution is 0.268. The van der Waals surface area contributed by atoms with Crippen molar-refractivity contribution in [2.75, 3.05) is 52.4 Å². The summed E-state index contributed by atoms with van der Waals surface area (Å²) in [7, 11) is 0. The van der Waals surface area contributed by atoms with Crippen LogP contribution in [0, 0.1) is 0 Å². The lowest BCUT2D eigenvalue weighted by atomic mass is 10.1. The molecular formula is C16H32N6O. The van der Waals surface area contributed by atoms with Gasteiger partial charge in [-0.05, 0) is 0 Å². The van der Waals surface area contributed by atoms with Gasteiger partial charge >= 0.3 is 0 Å². The number of hydrogen-bond donors (Lipinski definition) is 5. The molecule has 1 aromatic rings. The van der Waals surface area contributed by atoms with Crippen molar-refractivity contribution in [1.82, 2.24) is 9.80 Å². The predicted molar refractivity (Wildman–Crippen MR) is 94.9 cm³/mol. The van der Waals surface area contributed by atoms with Crippen LogP contribution >= 0.6 is 0 Å². The van der Waals surface area contributed by atoms with Crippen LogP contribution in [0.2, 0.25) is 0 Å². The number of phenolic OH excluding ortho intramolecular Hbond substituents is 1. The summed E-state index contributed by atoms with van der Waals surface area (Å²) in [5.41, 5.74) is 24.3. The topological polar surface area (TPSA) is 131 Å². The normalized spacial score (nSPS) is 11.6. The molecule has 0 amide bonds. The van der Waals surface area contributed by atoms with E-state index in [0.717, 1.165) is 37.3 Å². The van der Waals surface area contributed by atoms with Crippen molar-refractivity contribution in [2.45, 2.75) is 13.1 Å². The van der Waals surface area contributed by atoms with E-state index in [1.54, 1.807) is 0 Å². The summed E-state index contributed by atoms with van der Waals surface area (Å²) >= 11 is 0. The number of phenols is 1. The lowest BCUT2D eigenvalue weighted by Crippen LogP contribution is -2.34. The van der Waals surface area contributed by atoms with E-state index < -0.39 is 0 Å². The largest absolute Gasteiger partial charge is 0.507 e. The fourth-order valence-corrected chi connectivity index (χ4v) is 2.65. The van der Waals surface area contributed by atoms with Crippen LogP contribution in [0.3, 0.4) is 0 Å². The van der Waals surface area contributed by atoms with Crippen molar-refractivity contribution in [1.29, 1.82) is 0 Å². The van der Waals surface area contributed by atoms with Crippen LogP contribution < -0.4 is 22.9 Å². The minimum absolute atomic E-state index is 0.339. The Bertz CT molecular complexity index is 394. The molecule has 0 fully saturated rings. The molecule has 132 valence electrons. The second-order valence-corrected chi connectivity index (χ2v) is 5.63. The number of rotatable bonds is 12. The van der Waals surface area contributed by atoms with Gasteiger partial charge in [-0.1, -0.05) is 18.2 Å². The van der Waals surface area contributed by atoms with Crippen LogP contribution in [0.25, 0.3) is 0 Å². The maximum absolute atomic E-state index is 10.6. The van der Waals surface area contributed by atoms with Crippen LogP contribution in [0.5, 0.6) is 5.75 Å². The Kier molecular flexibility index (Phi) is 9.77. The molecule has 9 N–H and O–H groups in total. The fraction of sp³-hybridized carbons (Fsp3) is 0.625. The number of hydrogen-bond acceptors (Lipinski definition) is 7. The standard InChI is InChI=1S/C16H32N6O/c17-4-8-21(9-5-18)12-14-2-1-3-15(16(14)23)13-22(10-6-19)11-7-20/h1-3,23H,4-13,17-20H2. The molecule has 1 aromatic carbocycles. The highest BCUT2D eigenvalue weighted by Crippen LogP contribution is 2.25. The smallest absolute Gasteiger partial charge is 0.124 e. The molecule has 0 bridgehead atoms. The van der Waals surface area contributed by atoms with Gasteiger partial charge in [-0.25, -0.2) is 0 Å². The van der Waals surface area contributed by atoms with Gasteiger partial charge < -0.3 is 28.0 Å². The Hall–Kier alpha value is -1.22. The van der Waals surface area contributed by atoms with Gasteiger partial charge in [0.25, 0.3) is 0 Å². The first-order chi connectivity index (χ1) is 11.2. The number of nitrogens with two attached hydrogens (primary N) is 4. The van der Waals surface area contributed by atoms with Gasteiger partial charge in [0.05, 0.1) is 0 Å². The molecule has 0 spiro atoms. The van der Waals surface area contributed by atoms with E-state index in [1.807, 2.05) is 18.2 Å². The molecule has 0 aromatic heterocycles. The second-order valence-electron chi connectivity index (χ2n) is 5.63. The zero-order chi connectivity index (χ0) is 17.1. The monoisotopic (exact) mass is 324 g/mol. The Labute approximate surface area is 139 Å². The van der Waals surface area contributed by atoms with E-state index >= 15 is 0 Å². The van der Waals surface area contributed by atoms with Crippen molar-refractivity contribution in [3.63, 3.8) is 0 Å². The van der Waals surface area contributed by atoms with Gasteiger partial charge in [-0.2, -0.15) is 0 Å². The van der Waals surface area contributed by atoms with Gasteiger partial charge in [0.15, 0.2) is 0 Å². The van der Waals surface area contributed by atoms with E-state index in [9.17, 15) is 5.11 Å². The van der Waals surface area contributed by atoms with Crippen LogP contribution in [0.4, 0.5) is 0 Å². The molecule has 23 heavy (non-hydrogen) atoms. The first kappa shape index (κ1) is 19.8. The first-order valence-electron chi connectivity index (χ1n) is 8.21. The molecule has 0 saturated heterocycles. The average Bonchev–Trinajstić information content (AvgIpc) is 2.52. The van der Waals surface area contributed by atoms with Gasteiger partial charge in [0.1, 0.15) is 5.75 Å². The summed E-state index contributed by atoms with van der Waals surface area (Å²) in [6.45, 7) is 6.59. The summed E-state index contributed by atoms with van der Waals surface area (Å²) in [5, 5.41) is 10.6. The molecule has 7 nitrogen and oxygen atoms in total. The predicted octanol–water partition coefficient (Wildman–Crippen LogP) is -1.17. The highest BCUT2D eigenvalue weighted by molar-refractivity contribution is 5.40. The van der Waals surface area contributed by atoms with Crippen LogP contribution in [0.1, 0.15) is 11.1 Å². The lowest BCUT2D eigenvalue weighted by Gasteiger charge is -2.24. The van der Waals surface area contributed by atoms with Crippen molar-refractivity contribution in [3.05, 3.63) is 29.3 Å². The van der Waals surface area contributed by atoms with E-state index in [0.29, 0.717) is 45.0 Å². The summed E-state index contributed by atoms with van der Waals surface area (Å²) in [4.78, 5) is 4.30. The minimum atomic E-state index is 0.339. The number of nitrogens with zero attached hydrogens (tertiary/aromatic N) is 2. The summed E-state index contributed by atoms with van der Waals surface area (Å²) < 4.78 is 0. The van der Waals surface area contributed by atoms with E-state index in [4.69, 9.17) is 22.9 Å². The molecule has 0 unspecified atom stereocenters. The van der Waals surface area contributed by atoms with Crippen molar-refractivity contribution >= 4 is 0 Å². The number of aromatic hydroxyl groups is 1. The van der Waals surface area contributed by atoms with Gasteiger partial charge in [-0.3, -0.25) is 9.80 Å². The molecule has 0 saturated carbocycles. The van der Waals surface area contributed by atoms with E-state index in [1.165, 1.54) is 0 Å². The second kappa shape index (κ2) is 11.3. The molecule has 1 rings (SSSR count). The molecule has 0 aliphatic heterocycles. The minimum Gasteiger partial charge on any atom is -0.507 e. The molecule has 0 atom stereocenters. The molecule has 0 heterocycles. The maximum atomic E-state index is 10.6. The third-order valence-electron chi connectivity index (χ3n) is 3.77. The third kappa shape index (κ3) is 6.82. The van der Waals surface area contributed by atoms with Crippen LogP contribution in [-0.4, -0.2) is 67.3 Å². The van der Waals surface area contributed by atoms with Crippen molar-refractivity contribution in [2.24, 2.45) is 22.9 Å². The summed E-state index contributed by atoms with van der Waals surface area (Å²) in [6.07, 6.45) is 0. The van der Waals surface area contributed by atoms with Crippen LogP contribution in [0.15, 0.2) is 18.2 Å². The van der Waals surface area contributed by atoms with Crippen molar-refractivity contribution in [3.8, 4) is 5.75 Å². The molecule has 0 aliphatic carbocycles. The summed E-state index contributed by atoms with van der Waals surface area (Å²) in [5.74, 6) is 0.339. The quantitative estimate of drug-likeness (QED) is 0.327. The van der Waals surface area contributed by atoms with E-state index in [-0.39, 0.29) is 0 Å². The molecule has 7 heteroatoms. The van der Waals surface area contributed by atoms with Gasteiger partial charge in [0.2, 0.25) is 0 Å². The maximum Gasteiger partial charge on any atom is 0.124 e. The average molecular weight is 324 g/mol. The highest BCUT2D eigenvalue weighted by atomic mass is 16.3. The Morgan fingerprint density at radius 3 is 1.35 bits per heavy atom. The Morgan fingerprint density at radius 2 is 1.04 bits per heavy atom. The SMILES string of the molecule is NCCN(CCN)Cc1cccc(CN(CCN)CCN)c1O. The molecular weight excluding hydrogens is 292 g/mol. The molecule has 0 aliphatic rings. The summed E-state index contributed by atoms with van der Waals surface area (Å²) in [6, 6.07) is 5.85. The molecule has 0 radical (unpaired) electrons. The van der Waals surface area contributed by atoms with Gasteiger partial charge in [-0.15, -0.1) is 0 Å². The Morgan fingerprint density at radius 1 is 0.696 bits per heavy atom. The third-order valence-corrected chi connectivity index (χ3v) is 3.77. The fourth-order valence-electron chi connectivity index (χ4n) is 2.65. The first-order valence-corrected chi connectivity index (χ1v) is 8.21. The van der Waals surface area contributed by atoms with Gasteiger partial charge in [0, 0.05) is 76.6 Å². The van der Waals surface area contributed by atoms with Crippen LogP contribution in [-0.2, 0) is 13.1 Å².